The van der Waals surface area contributed by atoms with E-state index in [0.717, 1.165) is 19.4 Å². The van der Waals surface area contributed by atoms with Gasteiger partial charge < -0.3 is 9.84 Å². The van der Waals surface area contributed by atoms with Crippen LogP contribution in [0.15, 0.2) is 53.1 Å². The zero-order chi connectivity index (χ0) is 21.1. The van der Waals surface area contributed by atoms with Gasteiger partial charge in [-0.1, -0.05) is 23.4 Å². The van der Waals surface area contributed by atoms with E-state index in [1.165, 1.54) is 24.3 Å². The fourth-order valence-corrected chi connectivity index (χ4v) is 3.68. The Morgan fingerprint density at radius 1 is 1.20 bits per heavy atom. The van der Waals surface area contributed by atoms with Crippen LogP contribution in [-0.2, 0) is 4.79 Å². The first-order valence-corrected chi connectivity index (χ1v) is 9.89. The van der Waals surface area contributed by atoms with Crippen LogP contribution in [0.2, 0.25) is 0 Å². The molecule has 3 aromatic rings. The van der Waals surface area contributed by atoms with Gasteiger partial charge >= 0.3 is 0 Å². The number of hydrogen-bond donors (Lipinski definition) is 1. The second-order valence-electron chi connectivity index (χ2n) is 7.48. The highest BCUT2D eigenvalue weighted by Gasteiger charge is 2.31. The number of likely N-dealkylation sites (tertiary alicyclic amines) is 1. The van der Waals surface area contributed by atoms with Gasteiger partial charge in [0.05, 0.1) is 12.0 Å². The lowest BCUT2D eigenvalue weighted by Gasteiger charge is -2.34. The van der Waals surface area contributed by atoms with Crippen molar-refractivity contribution in [3.63, 3.8) is 0 Å². The van der Waals surface area contributed by atoms with Gasteiger partial charge in [0.1, 0.15) is 11.6 Å². The summed E-state index contributed by atoms with van der Waals surface area (Å²) in [6.45, 7) is 3.17. The molecule has 1 saturated heterocycles. The van der Waals surface area contributed by atoms with Crippen LogP contribution in [0, 0.1) is 11.6 Å². The van der Waals surface area contributed by atoms with Gasteiger partial charge in [-0.3, -0.25) is 9.69 Å². The van der Waals surface area contributed by atoms with E-state index in [4.69, 9.17) is 4.52 Å². The van der Waals surface area contributed by atoms with Crippen molar-refractivity contribution in [1.29, 1.82) is 0 Å². The number of carbonyl (C=O) groups excluding carboxylic acids is 1. The maximum absolute atomic E-state index is 13.5. The molecule has 1 aromatic heterocycles. The van der Waals surface area contributed by atoms with E-state index < -0.39 is 11.9 Å². The van der Waals surface area contributed by atoms with Crippen molar-refractivity contribution in [1.82, 2.24) is 15.0 Å². The number of halogens is 2. The Kier molecular flexibility index (Phi) is 5.85. The van der Waals surface area contributed by atoms with Crippen LogP contribution in [0.25, 0.3) is 11.4 Å². The van der Waals surface area contributed by atoms with E-state index in [1.54, 1.807) is 24.3 Å². The Hall–Kier alpha value is -3.13. The number of anilines is 1. The van der Waals surface area contributed by atoms with Gasteiger partial charge in [0.2, 0.25) is 17.6 Å². The van der Waals surface area contributed by atoms with E-state index >= 15 is 0 Å². The molecule has 2 aromatic carbocycles. The molecule has 30 heavy (non-hydrogen) atoms. The Balaban J connectivity index is 1.42. The highest BCUT2D eigenvalue weighted by molar-refractivity contribution is 5.94. The minimum Gasteiger partial charge on any atom is -0.339 e. The topological polar surface area (TPSA) is 71.3 Å². The Morgan fingerprint density at radius 3 is 2.73 bits per heavy atom. The first kappa shape index (κ1) is 20.2. The van der Waals surface area contributed by atoms with Crippen molar-refractivity contribution in [2.45, 2.75) is 31.7 Å². The Morgan fingerprint density at radius 2 is 1.97 bits per heavy atom. The molecular weight excluding hydrogens is 390 g/mol. The molecule has 1 amide bonds. The van der Waals surface area contributed by atoms with E-state index in [9.17, 15) is 13.6 Å². The van der Waals surface area contributed by atoms with Gasteiger partial charge in [-0.2, -0.15) is 4.98 Å². The van der Waals surface area contributed by atoms with Crippen LogP contribution in [0.5, 0.6) is 0 Å². The van der Waals surface area contributed by atoms with Gasteiger partial charge in [0, 0.05) is 17.8 Å². The standard InChI is InChI=1S/C22H22F2N4O2/c1-14(21(29)25-19-9-3-8-18(24)12-19)28-10-4-6-16(13-28)22-26-20(27-30-22)15-5-2-7-17(23)11-15/h2-3,5,7-9,11-12,14,16H,4,6,10,13H2,1H3,(H,25,29). The molecule has 1 aliphatic heterocycles. The molecular formula is C22H22F2N4O2. The Labute approximate surface area is 172 Å². The molecule has 8 heteroatoms. The second kappa shape index (κ2) is 8.71. The van der Waals surface area contributed by atoms with Gasteiger partial charge in [0.15, 0.2) is 0 Å². The summed E-state index contributed by atoms with van der Waals surface area (Å²) in [4.78, 5) is 19.1. The molecule has 1 aliphatic rings. The number of nitrogens with zero attached hydrogens (tertiary/aromatic N) is 3. The number of amides is 1. The molecule has 6 nitrogen and oxygen atoms in total. The maximum atomic E-state index is 13.5. The lowest BCUT2D eigenvalue weighted by atomic mass is 9.96. The molecule has 2 unspecified atom stereocenters. The van der Waals surface area contributed by atoms with Crippen molar-refractivity contribution >= 4 is 11.6 Å². The van der Waals surface area contributed by atoms with Gasteiger partial charge in [0.25, 0.3) is 0 Å². The lowest BCUT2D eigenvalue weighted by Crippen LogP contribution is -2.46. The number of aromatic nitrogens is 2. The van der Waals surface area contributed by atoms with Crippen molar-refractivity contribution in [2.75, 3.05) is 18.4 Å². The predicted octanol–water partition coefficient (Wildman–Crippen LogP) is 4.22. The van der Waals surface area contributed by atoms with Gasteiger partial charge in [-0.15, -0.1) is 0 Å². The first-order valence-electron chi connectivity index (χ1n) is 9.89. The largest absolute Gasteiger partial charge is 0.339 e. The molecule has 0 radical (unpaired) electrons. The molecule has 0 aliphatic carbocycles. The number of rotatable bonds is 5. The predicted molar refractivity (Wildman–Crippen MR) is 108 cm³/mol. The minimum absolute atomic E-state index is 0.0158. The normalized spacial score (nSPS) is 18.2. The molecule has 156 valence electrons. The average Bonchev–Trinajstić information content (AvgIpc) is 3.24. The third-order valence-electron chi connectivity index (χ3n) is 5.35. The molecule has 1 fully saturated rings. The quantitative estimate of drug-likeness (QED) is 0.679. The molecule has 4 rings (SSSR count). The van der Waals surface area contributed by atoms with Crippen molar-refractivity contribution in [2.24, 2.45) is 0 Å². The van der Waals surface area contributed by atoms with Crippen LogP contribution in [0.1, 0.15) is 31.6 Å². The van der Waals surface area contributed by atoms with Crippen LogP contribution in [0.4, 0.5) is 14.5 Å². The average molecular weight is 412 g/mol. The molecule has 0 bridgehead atoms. The first-order chi connectivity index (χ1) is 14.5. The molecule has 2 heterocycles. The highest BCUT2D eigenvalue weighted by Crippen LogP contribution is 2.29. The fourth-order valence-electron chi connectivity index (χ4n) is 3.68. The summed E-state index contributed by atoms with van der Waals surface area (Å²) in [6.07, 6.45) is 1.74. The number of piperidine rings is 1. The van der Waals surface area contributed by atoms with Crippen LogP contribution in [-0.4, -0.2) is 40.1 Å². The third kappa shape index (κ3) is 4.54. The SMILES string of the molecule is CC(C(=O)Nc1cccc(F)c1)N1CCCC(c2nc(-c3cccc(F)c3)no2)C1. The maximum Gasteiger partial charge on any atom is 0.241 e. The summed E-state index contributed by atoms with van der Waals surface area (Å²) >= 11 is 0. The second-order valence-corrected chi connectivity index (χ2v) is 7.48. The van der Waals surface area contributed by atoms with Gasteiger partial charge in [-0.05, 0) is 56.6 Å². The molecule has 0 spiro atoms. The monoisotopic (exact) mass is 412 g/mol. The smallest absolute Gasteiger partial charge is 0.241 e. The van der Waals surface area contributed by atoms with Crippen molar-refractivity contribution < 1.29 is 18.1 Å². The summed E-state index contributed by atoms with van der Waals surface area (Å²) in [7, 11) is 0. The highest BCUT2D eigenvalue weighted by atomic mass is 19.1. The molecule has 1 N–H and O–H groups in total. The lowest BCUT2D eigenvalue weighted by molar-refractivity contribution is -0.121. The van der Waals surface area contributed by atoms with E-state index in [2.05, 4.69) is 20.4 Å². The molecule has 0 saturated carbocycles. The number of carbonyl (C=O) groups is 1. The Bertz CT molecular complexity index is 1040. The number of hydrogen-bond acceptors (Lipinski definition) is 5. The van der Waals surface area contributed by atoms with E-state index in [0.29, 0.717) is 29.5 Å². The van der Waals surface area contributed by atoms with Crippen molar-refractivity contribution in [3.8, 4) is 11.4 Å². The summed E-state index contributed by atoms with van der Waals surface area (Å²) in [6, 6.07) is 11.5. The summed E-state index contributed by atoms with van der Waals surface area (Å²) < 4.78 is 32.3. The van der Waals surface area contributed by atoms with E-state index in [1.807, 2.05) is 6.92 Å². The zero-order valence-electron chi connectivity index (χ0n) is 16.5. The fraction of sp³-hybridized carbons (Fsp3) is 0.318. The molecule has 2 atom stereocenters. The summed E-state index contributed by atoms with van der Waals surface area (Å²) in [5, 5.41) is 6.74. The number of nitrogens with one attached hydrogen (secondary N) is 1. The third-order valence-corrected chi connectivity index (χ3v) is 5.35. The van der Waals surface area contributed by atoms with Crippen molar-refractivity contribution in [3.05, 3.63) is 66.1 Å². The van der Waals surface area contributed by atoms with E-state index in [-0.39, 0.29) is 17.6 Å². The van der Waals surface area contributed by atoms with Crippen LogP contribution < -0.4 is 5.32 Å². The zero-order valence-corrected chi connectivity index (χ0v) is 16.5. The minimum atomic E-state index is -0.401. The summed E-state index contributed by atoms with van der Waals surface area (Å²) in [5.74, 6) is -0.148. The van der Waals surface area contributed by atoms with Crippen LogP contribution >= 0.6 is 0 Å². The summed E-state index contributed by atoms with van der Waals surface area (Å²) in [5.41, 5.74) is 0.984. The van der Waals surface area contributed by atoms with Crippen LogP contribution in [0.3, 0.4) is 0 Å². The van der Waals surface area contributed by atoms with Gasteiger partial charge in [-0.25, -0.2) is 8.78 Å². The number of benzene rings is 2.